The van der Waals surface area contributed by atoms with E-state index in [9.17, 15) is 9.18 Å². The molecule has 2 aliphatic rings. The van der Waals surface area contributed by atoms with E-state index in [0.717, 1.165) is 25.2 Å². The van der Waals surface area contributed by atoms with Gasteiger partial charge in [0.1, 0.15) is 12.4 Å². The van der Waals surface area contributed by atoms with Crippen LogP contribution in [0.5, 0.6) is 0 Å². The molecule has 1 atom stereocenters. The Labute approximate surface area is 123 Å². The number of benzene rings is 1. The molecule has 0 bridgehead atoms. The Morgan fingerprint density at radius 1 is 1.33 bits per heavy atom. The van der Waals surface area contributed by atoms with Gasteiger partial charge in [0.15, 0.2) is 0 Å². The minimum atomic E-state index is -0.276. The van der Waals surface area contributed by atoms with Crippen molar-refractivity contribution in [3.8, 4) is 0 Å². The lowest BCUT2D eigenvalue weighted by Gasteiger charge is -2.37. The molecule has 2 fully saturated rings. The maximum atomic E-state index is 13.4. The molecular weight excluding hydrogens is 273 g/mol. The van der Waals surface area contributed by atoms with Gasteiger partial charge in [-0.15, -0.1) is 0 Å². The predicted octanol–water partition coefficient (Wildman–Crippen LogP) is 0.287. The normalized spacial score (nSPS) is 22.9. The Kier molecular flexibility index (Phi) is 4.48. The van der Waals surface area contributed by atoms with Crippen LogP contribution in [-0.2, 0) is 9.53 Å². The average Bonchev–Trinajstić information content (AvgIpc) is 2.45. The molecule has 0 radical (unpaired) electrons. The molecule has 1 amide bonds. The third-order valence-corrected chi connectivity index (χ3v) is 3.98. The number of ether oxygens (including phenoxy) is 1. The van der Waals surface area contributed by atoms with Crippen LogP contribution >= 0.6 is 0 Å². The second-order valence-electron chi connectivity index (χ2n) is 5.45. The van der Waals surface area contributed by atoms with Crippen molar-refractivity contribution in [1.29, 1.82) is 0 Å². The maximum Gasteiger partial charge on any atom is 0.249 e. The van der Waals surface area contributed by atoms with Crippen LogP contribution in [0.25, 0.3) is 0 Å². The number of nitrogens with zero attached hydrogens (tertiary/aromatic N) is 1. The van der Waals surface area contributed by atoms with Crippen LogP contribution in [0.1, 0.15) is 11.6 Å². The van der Waals surface area contributed by atoms with Crippen LogP contribution in [-0.4, -0.2) is 56.2 Å². The van der Waals surface area contributed by atoms with Gasteiger partial charge in [-0.05, 0) is 17.7 Å². The second kappa shape index (κ2) is 6.51. The molecule has 2 saturated heterocycles. The quantitative estimate of drug-likeness (QED) is 0.838. The van der Waals surface area contributed by atoms with Crippen LogP contribution in [0.15, 0.2) is 24.3 Å². The summed E-state index contributed by atoms with van der Waals surface area (Å²) in [6.45, 7) is 3.72. The van der Waals surface area contributed by atoms with E-state index in [1.54, 1.807) is 11.0 Å². The molecule has 1 aromatic rings. The molecule has 0 aliphatic carbocycles. The molecule has 1 unspecified atom stereocenters. The van der Waals surface area contributed by atoms with Gasteiger partial charge in [-0.25, -0.2) is 4.39 Å². The second-order valence-corrected chi connectivity index (χ2v) is 5.45. The highest BCUT2D eigenvalue weighted by molar-refractivity contribution is 5.78. The summed E-state index contributed by atoms with van der Waals surface area (Å²) in [5.41, 5.74) is 0.820. The first-order valence-electron chi connectivity index (χ1n) is 7.32. The van der Waals surface area contributed by atoms with E-state index in [1.165, 1.54) is 12.1 Å². The van der Waals surface area contributed by atoms with E-state index in [4.69, 9.17) is 4.74 Å². The number of rotatable bonds is 4. The van der Waals surface area contributed by atoms with Crippen LogP contribution in [0.2, 0.25) is 0 Å². The Bertz CT molecular complexity index is 507. The number of carbonyl (C=O) groups is 1. The Morgan fingerprint density at radius 3 is 2.90 bits per heavy atom. The number of amides is 1. The molecule has 3 rings (SSSR count). The maximum absolute atomic E-state index is 13.4. The van der Waals surface area contributed by atoms with E-state index < -0.39 is 0 Å². The lowest BCUT2D eigenvalue weighted by Crippen LogP contribution is -2.52. The molecule has 2 aliphatic heterocycles. The minimum absolute atomic E-state index is 0.0299. The molecule has 2 heterocycles. The summed E-state index contributed by atoms with van der Waals surface area (Å²) in [5, 5.41) is 6.36. The first-order chi connectivity index (χ1) is 10.2. The summed E-state index contributed by atoms with van der Waals surface area (Å²) in [6, 6.07) is 6.31. The van der Waals surface area contributed by atoms with Crippen molar-refractivity contribution in [1.82, 2.24) is 15.5 Å². The molecule has 6 heteroatoms. The van der Waals surface area contributed by atoms with E-state index in [-0.39, 0.29) is 30.5 Å². The smallest absolute Gasteiger partial charge is 0.249 e. The first kappa shape index (κ1) is 14.4. The SMILES string of the molecule is O=C(COC1CNC1)N1CCNCC1c1cccc(F)c1. The number of halogens is 1. The molecular formula is C15H20FN3O2. The van der Waals surface area contributed by atoms with Gasteiger partial charge < -0.3 is 20.3 Å². The van der Waals surface area contributed by atoms with Gasteiger partial charge in [0.2, 0.25) is 5.91 Å². The van der Waals surface area contributed by atoms with E-state index in [1.807, 2.05) is 6.07 Å². The van der Waals surface area contributed by atoms with Crippen molar-refractivity contribution in [2.45, 2.75) is 12.1 Å². The van der Waals surface area contributed by atoms with Crippen LogP contribution < -0.4 is 10.6 Å². The lowest BCUT2D eigenvalue weighted by atomic mass is 10.0. The summed E-state index contributed by atoms with van der Waals surface area (Å²) >= 11 is 0. The Hall–Kier alpha value is -1.50. The number of nitrogens with one attached hydrogen (secondary N) is 2. The van der Waals surface area contributed by atoms with Crippen molar-refractivity contribution in [3.05, 3.63) is 35.6 Å². The van der Waals surface area contributed by atoms with Gasteiger partial charge in [-0.1, -0.05) is 12.1 Å². The topological polar surface area (TPSA) is 53.6 Å². The van der Waals surface area contributed by atoms with Gasteiger partial charge in [0.05, 0.1) is 12.1 Å². The monoisotopic (exact) mass is 293 g/mol. The number of piperazine rings is 1. The van der Waals surface area contributed by atoms with Gasteiger partial charge in [0, 0.05) is 32.7 Å². The zero-order valence-electron chi connectivity index (χ0n) is 11.8. The number of carbonyl (C=O) groups excluding carboxylic acids is 1. The highest BCUT2D eigenvalue weighted by Gasteiger charge is 2.29. The summed E-state index contributed by atoms with van der Waals surface area (Å²) in [5.74, 6) is -0.306. The fourth-order valence-electron chi connectivity index (χ4n) is 2.67. The largest absolute Gasteiger partial charge is 0.366 e. The molecule has 1 aromatic carbocycles. The fourth-order valence-corrected chi connectivity index (χ4v) is 2.67. The third kappa shape index (κ3) is 3.40. The van der Waals surface area contributed by atoms with E-state index in [2.05, 4.69) is 10.6 Å². The Morgan fingerprint density at radius 2 is 2.19 bits per heavy atom. The van der Waals surface area contributed by atoms with Crippen molar-refractivity contribution in [3.63, 3.8) is 0 Å². The van der Waals surface area contributed by atoms with Gasteiger partial charge in [0.25, 0.3) is 0 Å². The molecule has 2 N–H and O–H groups in total. The molecule has 0 saturated carbocycles. The lowest BCUT2D eigenvalue weighted by molar-refractivity contribution is -0.142. The standard InChI is InChI=1S/C15H20FN3O2/c16-12-3-1-2-11(6-12)14-9-17-4-5-19(14)15(20)10-21-13-7-18-8-13/h1-3,6,13-14,17-18H,4-5,7-10H2. The molecule has 0 spiro atoms. The molecule has 21 heavy (non-hydrogen) atoms. The van der Waals surface area contributed by atoms with Crippen LogP contribution in [0.4, 0.5) is 4.39 Å². The van der Waals surface area contributed by atoms with Crippen molar-refractivity contribution in [2.75, 3.05) is 39.3 Å². The van der Waals surface area contributed by atoms with Crippen molar-refractivity contribution < 1.29 is 13.9 Å². The predicted molar refractivity (Wildman–Crippen MR) is 76.3 cm³/mol. The van der Waals surface area contributed by atoms with Crippen LogP contribution in [0.3, 0.4) is 0 Å². The number of hydrogen-bond acceptors (Lipinski definition) is 4. The fraction of sp³-hybridized carbons (Fsp3) is 0.533. The van der Waals surface area contributed by atoms with E-state index >= 15 is 0 Å². The van der Waals surface area contributed by atoms with Gasteiger partial charge >= 0.3 is 0 Å². The van der Waals surface area contributed by atoms with Gasteiger partial charge in [-0.3, -0.25) is 4.79 Å². The summed E-state index contributed by atoms with van der Waals surface area (Å²) in [6.07, 6.45) is 0.143. The molecule has 0 aromatic heterocycles. The van der Waals surface area contributed by atoms with E-state index in [0.29, 0.717) is 13.1 Å². The van der Waals surface area contributed by atoms with Crippen molar-refractivity contribution in [2.24, 2.45) is 0 Å². The summed E-state index contributed by atoms with van der Waals surface area (Å²) in [7, 11) is 0. The number of hydrogen-bond donors (Lipinski definition) is 2. The third-order valence-electron chi connectivity index (χ3n) is 3.98. The average molecular weight is 293 g/mol. The first-order valence-corrected chi connectivity index (χ1v) is 7.32. The van der Waals surface area contributed by atoms with Crippen molar-refractivity contribution >= 4 is 5.91 Å². The molecule has 114 valence electrons. The Balaban J connectivity index is 1.66. The minimum Gasteiger partial charge on any atom is -0.366 e. The molecule has 5 nitrogen and oxygen atoms in total. The zero-order chi connectivity index (χ0) is 14.7. The summed E-state index contributed by atoms with van der Waals surface area (Å²) < 4.78 is 19.0. The highest BCUT2D eigenvalue weighted by Crippen LogP contribution is 2.23. The highest BCUT2D eigenvalue weighted by atomic mass is 19.1. The zero-order valence-corrected chi connectivity index (χ0v) is 11.8. The summed E-state index contributed by atoms with van der Waals surface area (Å²) in [4.78, 5) is 14.2. The van der Waals surface area contributed by atoms with Crippen LogP contribution in [0, 0.1) is 5.82 Å². The van der Waals surface area contributed by atoms with Gasteiger partial charge in [-0.2, -0.15) is 0 Å².